The Balaban J connectivity index is 2.06. The zero-order chi connectivity index (χ0) is 15.0. The van der Waals surface area contributed by atoms with Gasteiger partial charge in [0.2, 0.25) is 0 Å². The molecule has 0 saturated heterocycles. The number of benzene rings is 2. The summed E-state index contributed by atoms with van der Waals surface area (Å²) in [6.45, 7) is 0.222. The molecule has 0 aliphatic rings. The third-order valence-corrected chi connectivity index (χ3v) is 3.67. The number of aromatic carboxylic acids is 1. The van der Waals surface area contributed by atoms with Crippen LogP contribution in [-0.2, 0) is 6.54 Å². The van der Waals surface area contributed by atoms with Gasteiger partial charge in [0.05, 0.1) is 17.1 Å². The number of nitrogens with zero attached hydrogens (tertiary/aromatic N) is 1. The van der Waals surface area contributed by atoms with Gasteiger partial charge in [0.25, 0.3) is 0 Å². The smallest absolute Gasteiger partial charge is 0.335 e. The lowest BCUT2D eigenvalue weighted by Gasteiger charge is -2.08. The molecule has 0 atom stereocenters. The lowest BCUT2D eigenvalue weighted by molar-refractivity contribution is 0.0696. The fourth-order valence-corrected chi connectivity index (χ4v) is 2.62. The number of hydrogen-bond donors (Lipinski definition) is 1. The van der Waals surface area contributed by atoms with Gasteiger partial charge in [-0.3, -0.25) is 0 Å². The summed E-state index contributed by atoms with van der Waals surface area (Å²) in [6.07, 6.45) is 1.72. The summed E-state index contributed by atoms with van der Waals surface area (Å²) < 4.78 is 15.7. The minimum absolute atomic E-state index is 0.0639. The zero-order valence-electron chi connectivity index (χ0n) is 10.9. The summed E-state index contributed by atoms with van der Waals surface area (Å²) >= 11 is 6.16. The van der Waals surface area contributed by atoms with Crippen molar-refractivity contribution in [2.75, 3.05) is 0 Å². The predicted octanol–water partition coefficient (Wildman–Crippen LogP) is 4.18. The third-order valence-electron chi connectivity index (χ3n) is 3.37. The fourth-order valence-electron chi connectivity index (χ4n) is 2.35. The van der Waals surface area contributed by atoms with Gasteiger partial charge in [-0.2, -0.15) is 0 Å². The molecule has 3 rings (SSSR count). The maximum absolute atomic E-state index is 13.9. The van der Waals surface area contributed by atoms with Gasteiger partial charge in [-0.1, -0.05) is 29.8 Å². The van der Waals surface area contributed by atoms with Gasteiger partial charge in [-0.05, 0) is 24.3 Å². The molecule has 0 amide bonds. The van der Waals surface area contributed by atoms with E-state index in [0.29, 0.717) is 10.6 Å². The van der Waals surface area contributed by atoms with Crippen molar-refractivity contribution in [2.45, 2.75) is 6.54 Å². The van der Waals surface area contributed by atoms with Crippen LogP contribution >= 0.6 is 11.6 Å². The first-order valence-corrected chi connectivity index (χ1v) is 6.69. The van der Waals surface area contributed by atoms with Crippen molar-refractivity contribution in [3.8, 4) is 0 Å². The van der Waals surface area contributed by atoms with E-state index in [-0.39, 0.29) is 12.1 Å². The molecule has 1 heterocycles. The number of carboxylic acids is 1. The summed E-state index contributed by atoms with van der Waals surface area (Å²) in [5.74, 6) is -1.51. The molecule has 21 heavy (non-hydrogen) atoms. The molecule has 5 heteroatoms. The second-order valence-corrected chi connectivity index (χ2v) is 5.14. The Morgan fingerprint density at radius 3 is 2.76 bits per heavy atom. The molecule has 0 fully saturated rings. The van der Waals surface area contributed by atoms with Gasteiger partial charge in [0, 0.05) is 22.7 Å². The zero-order valence-corrected chi connectivity index (χ0v) is 11.6. The minimum atomic E-state index is -1.08. The quantitative estimate of drug-likeness (QED) is 0.788. The van der Waals surface area contributed by atoms with Gasteiger partial charge in [-0.15, -0.1) is 0 Å². The summed E-state index contributed by atoms with van der Waals surface area (Å²) in [6, 6.07) is 11.3. The molecule has 2 aromatic carbocycles. The molecular formula is C16H11ClFNO2. The Morgan fingerprint density at radius 1 is 1.24 bits per heavy atom. The van der Waals surface area contributed by atoms with Crippen LogP contribution < -0.4 is 0 Å². The average Bonchev–Trinajstić information content (AvgIpc) is 2.78. The van der Waals surface area contributed by atoms with Crippen LogP contribution in [0.1, 0.15) is 15.9 Å². The molecule has 1 aromatic heterocycles. The van der Waals surface area contributed by atoms with Crippen molar-refractivity contribution in [1.82, 2.24) is 4.57 Å². The molecule has 0 saturated carbocycles. The van der Waals surface area contributed by atoms with Crippen LogP contribution in [0.3, 0.4) is 0 Å². The Morgan fingerprint density at radius 2 is 2.00 bits per heavy atom. The Kier molecular flexibility index (Phi) is 3.39. The van der Waals surface area contributed by atoms with E-state index in [4.69, 9.17) is 16.7 Å². The highest BCUT2D eigenvalue weighted by molar-refractivity contribution is 6.35. The maximum Gasteiger partial charge on any atom is 0.335 e. The van der Waals surface area contributed by atoms with Crippen LogP contribution in [-0.4, -0.2) is 15.6 Å². The molecule has 0 unspecified atom stereocenters. The van der Waals surface area contributed by atoms with Crippen molar-refractivity contribution in [3.63, 3.8) is 0 Å². The number of fused-ring (bicyclic) bond motifs is 1. The first-order valence-electron chi connectivity index (χ1n) is 6.31. The Labute approximate surface area is 125 Å². The molecule has 0 radical (unpaired) electrons. The van der Waals surface area contributed by atoms with Gasteiger partial charge in [-0.25, -0.2) is 9.18 Å². The summed E-state index contributed by atoms with van der Waals surface area (Å²) in [4.78, 5) is 11.0. The van der Waals surface area contributed by atoms with Crippen LogP contribution in [0.5, 0.6) is 0 Å². The van der Waals surface area contributed by atoms with Crippen molar-refractivity contribution in [3.05, 3.63) is 70.6 Å². The van der Waals surface area contributed by atoms with E-state index < -0.39 is 11.8 Å². The highest BCUT2D eigenvalue weighted by atomic mass is 35.5. The second kappa shape index (κ2) is 5.22. The first kappa shape index (κ1) is 13.6. The van der Waals surface area contributed by atoms with Crippen LogP contribution in [0.15, 0.2) is 48.7 Å². The monoisotopic (exact) mass is 303 g/mol. The molecule has 1 N–H and O–H groups in total. The minimum Gasteiger partial charge on any atom is -0.478 e. The standard InChI is InChI=1S/C16H11ClFNO2/c17-13-9-19(15-4-2-1-3-12(13)15)8-11-7-10(16(20)21)5-6-14(11)18/h1-7,9H,8H2,(H,20,21). The molecule has 0 bridgehead atoms. The van der Waals surface area contributed by atoms with Crippen LogP contribution in [0.25, 0.3) is 10.9 Å². The lowest BCUT2D eigenvalue weighted by atomic mass is 10.1. The number of halogens is 2. The van der Waals surface area contributed by atoms with E-state index in [0.717, 1.165) is 10.9 Å². The van der Waals surface area contributed by atoms with E-state index in [1.807, 2.05) is 28.8 Å². The third kappa shape index (κ3) is 2.50. The number of carbonyl (C=O) groups is 1. The molecule has 106 valence electrons. The molecule has 0 aliphatic heterocycles. The number of hydrogen-bond acceptors (Lipinski definition) is 1. The van der Waals surface area contributed by atoms with Gasteiger partial charge >= 0.3 is 5.97 Å². The van der Waals surface area contributed by atoms with Crippen molar-refractivity contribution in [1.29, 1.82) is 0 Å². The number of carboxylic acid groups (broad SMARTS) is 1. The van der Waals surface area contributed by atoms with E-state index in [1.54, 1.807) is 6.20 Å². The Bertz CT molecular complexity index is 841. The summed E-state index contributed by atoms with van der Waals surface area (Å²) in [5.41, 5.74) is 1.25. The van der Waals surface area contributed by atoms with E-state index in [1.165, 1.54) is 18.2 Å². The summed E-state index contributed by atoms with van der Waals surface area (Å²) in [7, 11) is 0. The topological polar surface area (TPSA) is 42.2 Å². The van der Waals surface area contributed by atoms with Crippen molar-refractivity contribution < 1.29 is 14.3 Å². The van der Waals surface area contributed by atoms with Gasteiger partial charge < -0.3 is 9.67 Å². The SMILES string of the molecule is O=C(O)c1ccc(F)c(Cn2cc(Cl)c3ccccc32)c1. The largest absolute Gasteiger partial charge is 0.478 e. The number of aromatic nitrogens is 1. The van der Waals surface area contributed by atoms with Crippen LogP contribution in [0.2, 0.25) is 5.02 Å². The van der Waals surface area contributed by atoms with Gasteiger partial charge in [0.15, 0.2) is 0 Å². The molecule has 0 spiro atoms. The fraction of sp³-hybridized carbons (Fsp3) is 0.0625. The predicted molar refractivity (Wildman–Crippen MR) is 79.4 cm³/mol. The van der Waals surface area contributed by atoms with Crippen molar-refractivity contribution >= 4 is 28.5 Å². The highest BCUT2D eigenvalue weighted by Crippen LogP contribution is 2.26. The Hall–Kier alpha value is -2.33. The first-order chi connectivity index (χ1) is 10.1. The van der Waals surface area contributed by atoms with E-state index in [2.05, 4.69) is 0 Å². The van der Waals surface area contributed by atoms with Crippen LogP contribution in [0, 0.1) is 5.82 Å². The average molecular weight is 304 g/mol. The number of rotatable bonds is 3. The van der Waals surface area contributed by atoms with Crippen LogP contribution in [0.4, 0.5) is 4.39 Å². The van der Waals surface area contributed by atoms with Gasteiger partial charge in [0.1, 0.15) is 5.82 Å². The molecule has 3 nitrogen and oxygen atoms in total. The highest BCUT2D eigenvalue weighted by Gasteiger charge is 2.11. The van der Waals surface area contributed by atoms with E-state index >= 15 is 0 Å². The lowest BCUT2D eigenvalue weighted by Crippen LogP contribution is -2.04. The molecule has 0 aliphatic carbocycles. The summed E-state index contributed by atoms with van der Waals surface area (Å²) in [5, 5.41) is 10.5. The molecule has 3 aromatic rings. The maximum atomic E-state index is 13.9. The van der Waals surface area contributed by atoms with E-state index in [9.17, 15) is 9.18 Å². The molecular weight excluding hydrogens is 293 g/mol. The normalized spacial score (nSPS) is 11.0. The number of para-hydroxylation sites is 1. The second-order valence-electron chi connectivity index (χ2n) is 4.73. The van der Waals surface area contributed by atoms with Crippen molar-refractivity contribution in [2.24, 2.45) is 0 Å².